The van der Waals surface area contributed by atoms with Crippen LogP contribution in [0.1, 0.15) is 29.7 Å². The van der Waals surface area contributed by atoms with E-state index in [1.54, 1.807) is 26.0 Å². The minimum atomic E-state index is -3.59. The van der Waals surface area contributed by atoms with Crippen molar-refractivity contribution in [2.75, 3.05) is 0 Å². The van der Waals surface area contributed by atoms with Gasteiger partial charge in [-0.3, -0.25) is 0 Å². The molecular formula is C16H18ClNO2S. The highest BCUT2D eigenvalue weighted by atomic mass is 35.5. The van der Waals surface area contributed by atoms with Gasteiger partial charge in [-0.15, -0.1) is 0 Å². The monoisotopic (exact) mass is 323 g/mol. The molecule has 0 spiro atoms. The first kappa shape index (κ1) is 16.0. The first-order valence-electron chi connectivity index (χ1n) is 6.65. The van der Waals surface area contributed by atoms with Gasteiger partial charge in [-0.25, -0.2) is 13.1 Å². The lowest BCUT2D eigenvalue weighted by atomic mass is 10.1. The fourth-order valence-electron chi connectivity index (χ4n) is 2.15. The molecule has 1 unspecified atom stereocenters. The van der Waals surface area contributed by atoms with E-state index >= 15 is 0 Å². The van der Waals surface area contributed by atoms with Crippen LogP contribution in [-0.2, 0) is 10.0 Å². The van der Waals surface area contributed by atoms with Gasteiger partial charge in [0.2, 0.25) is 10.0 Å². The summed E-state index contributed by atoms with van der Waals surface area (Å²) < 4.78 is 27.8. The highest BCUT2D eigenvalue weighted by molar-refractivity contribution is 7.89. The molecule has 2 rings (SSSR count). The van der Waals surface area contributed by atoms with Gasteiger partial charge in [-0.2, -0.15) is 0 Å². The summed E-state index contributed by atoms with van der Waals surface area (Å²) in [6, 6.07) is 12.5. The number of aryl methyl sites for hydroxylation is 2. The van der Waals surface area contributed by atoms with Crippen molar-refractivity contribution >= 4 is 21.6 Å². The van der Waals surface area contributed by atoms with Gasteiger partial charge in [0.05, 0.1) is 4.90 Å². The Bertz CT molecular complexity index is 742. The Morgan fingerprint density at radius 1 is 1.05 bits per heavy atom. The van der Waals surface area contributed by atoms with Crippen molar-refractivity contribution in [3.63, 3.8) is 0 Å². The fourth-order valence-corrected chi connectivity index (χ4v) is 3.91. The van der Waals surface area contributed by atoms with Crippen LogP contribution in [0.15, 0.2) is 47.4 Å². The number of nitrogens with one attached hydrogen (secondary N) is 1. The first-order valence-corrected chi connectivity index (χ1v) is 8.51. The molecule has 0 aromatic heterocycles. The topological polar surface area (TPSA) is 46.2 Å². The molecule has 0 saturated heterocycles. The van der Waals surface area contributed by atoms with E-state index in [1.807, 2.05) is 37.3 Å². The molecule has 0 aliphatic rings. The van der Waals surface area contributed by atoms with Gasteiger partial charge >= 0.3 is 0 Å². The molecule has 0 radical (unpaired) electrons. The Morgan fingerprint density at radius 2 is 1.67 bits per heavy atom. The Labute approximate surface area is 131 Å². The fraction of sp³-hybridized carbons (Fsp3) is 0.250. The van der Waals surface area contributed by atoms with E-state index < -0.39 is 10.0 Å². The van der Waals surface area contributed by atoms with Crippen molar-refractivity contribution < 1.29 is 8.42 Å². The summed E-state index contributed by atoms with van der Waals surface area (Å²) in [5.74, 6) is 0. The summed E-state index contributed by atoms with van der Waals surface area (Å²) in [5.41, 5.74) is 2.30. The van der Waals surface area contributed by atoms with E-state index in [1.165, 1.54) is 0 Å². The number of hydrogen-bond donors (Lipinski definition) is 1. The molecule has 112 valence electrons. The van der Waals surface area contributed by atoms with Crippen molar-refractivity contribution in [2.24, 2.45) is 0 Å². The van der Waals surface area contributed by atoms with Crippen molar-refractivity contribution in [1.82, 2.24) is 4.72 Å². The summed E-state index contributed by atoms with van der Waals surface area (Å²) in [6.45, 7) is 5.36. The van der Waals surface area contributed by atoms with Crippen molar-refractivity contribution in [3.8, 4) is 0 Å². The maximum atomic E-state index is 12.5. The molecule has 2 aromatic carbocycles. The molecule has 0 aliphatic carbocycles. The zero-order valence-electron chi connectivity index (χ0n) is 12.2. The van der Waals surface area contributed by atoms with E-state index in [-0.39, 0.29) is 10.9 Å². The van der Waals surface area contributed by atoms with Gasteiger partial charge in [0.1, 0.15) is 0 Å². The van der Waals surface area contributed by atoms with Crippen LogP contribution in [0.4, 0.5) is 0 Å². The standard InChI is InChI=1S/C16H18ClNO2S/c1-11-10-16(12(2)9-15(11)17)21(19,20)18-13(3)14-7-5-4-6-8-14/h4-10,13,18H,1-3H3. The van der Waals surface area contributed by atoms with Crippen molar-refractivity contribution in [2.45, 2.75) is 31.7 Å². The van der Waals surface area contributed by atoms with Gasteiger partial charge in [0.25, 0.3) is 0 Å². The van der Waals surface area contributed by atoms with Crippen molar-refractivity contribution in [1.29, 1.82) is 0 Å². The summed E-state index contributed by atoms with van der Waals surface area (Å²) >= 11 is 6.02. The van der Waals surface area contributed by atoms with Crippen LogP contribution >= 0.6 is 11.6 Å². The Kier molecular flexibility index (Phi) is 4.71. The van der Waals surface area contributed by atoms with Crippen molar-refractivity contribution in [3.05, 3.63) is 64.2 Å². The molecule has 3 nitrogen and oxygen atoms in total. The molecule has 0 amide bonds. The second-order valence-corrected chi connectivity index (χ2v) is 7.21. The van der Waals surface area contributed by atoms with E-state index in [0.717, 1.165) is 11.1 Å². The maximum Gasteiger partial charge on any atom is 0.241 e. The molecule has 5 heteroatoms. The average Bonchev–Trinajstić information content (AvgIpc) is 2.43. The number of rotatable bonds is 4. The molecule has 0 saturated carbocycles. The number of halogens is 1. The van der Waals surface area contributed by atoms with E-state index in [2.05, 4.69) is 4.72 Å². The average molecular weight is 324 g/mol. The predicted molar refractivity (Wildman–Crippen MR) is 86.1 cm³/mol. The van der Waals surface area contributed by atoms with E-state index in [0.29, 0.717) is 10.6 Å². The third kappa shape index (κ3) is 3.64. The number of sulfonamides is 1. The zero-order chi connectivity index (χ0) is 15.6. The van der Waals surface area contributed by atoms with Crippen LogP contribution < -0.4 is 4.72 Å². The Hall–Kier alpha value is -1.36. The molecule has 2 aromatic rings. The molecule has 0 bridgehead atoms. The Balaban J connectivity index is 2.33. The van der Waals surface area contributed by atoms with Gasteiger partial charge in [0.15, 0.2) is 0 Å². The minimum Gasteiger partial charge on any atom is -0.207 e. The Morgan fingerprint density at radius 3 is 2.29 bits per heavy atom. The first-order chi connectivity index (χ1) is 9.81. The van der Waals surface area contributed by atoms with Crippen LogP contribution in [0.2, 0.25) is 5.02 Å². The van der Waals surface area contributed by atoms with E-state index in [4.69, 9.17) is 11.6 Å². The minimum absolute atomic E-state index is 0.271. The SMILES string of the molecule is Cc1cc(S(=O)(=O)NC(C)c2ccccc2)c(C)cc1Cl. The quantitative estimate of drug-likeness (QED) is 0.924. The molecule has 21 heavy (non-hydrogen) atoms. The smallest absolute Gasteiger partial charge is 0.207 e. The molecule has 0 fully saturated rings. The molecule has 1 atom stereocenters. The maximum absolute atomic E-state index is 12.5. The zero-order valence-corrected chi connectivity index (χ0v) is 13.8. The molecule has 0 aliphatic heterocycles. The summed E-state index contributed by atoms with van der Waals surface area (Å²) in [6.07, 6.45) is 0. The molecule has 1 N–H and O–H groups in total. The van der Waals surface area contributed by atoms with Gasteiger partial charge in [0, 0.05) is 11.1 Å². The third-order valence-corrected chi connectivity index (χ3v) is 5.47. The summed E-state index contributed by atoms with van der Waals surface area (Å²) in [7, 11) is -3.59. The van der Waals surface area contributed by atoms with Gasteiger partial charge in [-0.05, 0) is 49.6 Å². The van der Waals surface area contributed by atoms with Crippen LogP contribution in [0.5, 0.6) is 0 Å². The van der Waals surface area contributed by atoms with Gasteiger partial charge in [-0.1, -0.05) is 41.9 Å². The highest BCUT2D eigenvalue weighted by Gasteiger charge is 2.21. The normalized spacial score (nSPS) is 13.1. The lowest BCUT2D eigenvalue weighted by Gasteiger charge is -2.16. The van der Waals surface area contributed by atoms with Crippen LogP contribution in [0.3, 0.4) is 0 Å². The lowest BCUT2D eigenvalue weighted by Crippen LogP contribution is -2.27. The summed E-state index contributed by atoms with van der Waals surface area (Å²) in [4.78, 5) is 0.271. The van der Waals surface area contributed by atoms with E-state index in [9.17, 15) is 8.42 Å². The number of benzene rings is 2. The molecular weight excluding hydrogens is 306 g/mol. The largest absolute Gasteiger partial charge is 0.241 e. The van der Waals surface area contributed by atoms with Crippen LogP contribution in [0.25, 0.3) is 0 Å². The van der Waals surface area contributed by atoms with Gasteiger partial charge < -0.3 is 0 Å². The summed E-state index contributed by atoms with van der Waals surface area (Å²) in [5, 5.41) is 0.572. The third-order valence-electron chi connectivity index (χ3n) is 3.38. The highest BCUT2D eigenvalue weighted by Crippen LogP contribution is 2.25. The predicted octanol–water partition coefficient (Wildman–Crippen LogP) is 4.00. The molecule has 0 heterocycles. The van der Waals surface area contributed by atoms with Crippen LogP contribution in [0, 0.1) is 13.8 Å². The number of hydrogen-bond acceptors (Lipinski definition) is 2. The second kappa shape index (κ2) is 6.18. The lowest BCUT2D eigenvalue weighted by molar-refractivity contribution is 0.566. The van der Waals surface area contributed by atoms with Crippen LogP contribution in [-0.4, -0.2) is 8.42 Å². The second-order valence-electron chi connectivity index (χ2n) is 5.12.